The van der Waals surface area contributed by atoms with Gasteiger partial charge in [0.05, 0.1) is 0 Å². The van der Waals surface area contributed by atoms with Crippen molar-refractivity contribution in [1.29, 1.82) is 0 Å². The Bertz CT molecular complexity index is 822. The number of fused-ring (bicyclic) bond motifs is 1. The molecule has 0 aromatic heterocycles. The minimum absolute atomic E-state index is 0.105. The van der Waals surface area contributed by atoms with E-state index in [1.54, 1.807) is 0 Å². The van der Waals surface area contributed by atoms with Gasteiger partial charge in [0.15, 0.2) is 0 Å². The van der Waals surface area contributed by atoms with E-state index in [0.717, 1.165) is 53.9 Å². The van der Waals surface area contributed by atoms with Gasteiger partial charge in [0.25, 0.3) is 5.91 Å². The summed E-state index contributed by atoms with van der Waals surface area (Å²) >= 11 is 0. The monoisotopic (exact) mass is 350 g/mol. The summed E-state index contributed by atoms with van der Waals surface area (Å²) in [6, 6.07) is 11.7. The molecule has 0 spiro atoms. The Morgan fingerprint density at radius 1 is 1.08 bits per heavy atom. The molecule has 0 fully saturated rings. The fourth-order valence-electron chi connectivity index (χ4n) is 3.51. The number of nitrogens with zero attached hydrogens (tertiary/aromatic N) is 1. The minimum atomic E-state index is -0.105. The van der Waals surface area contributed by atoms with Crippen LogP contribution in [0.1, 0.15) is 53.2 Å². The summed E-state index contributed by atoms with van der Waals surface area (Å²) in [5, 5.41) is 2.99. The lowest BCUT2D eigenvalue weighted by Gasteiger charge is -2.29. The number of anilines is 2. The highest BCUT2D eigenvalue weighted by atomic mass is 16.2. The highest BCUT2D eigenvalue weighted by Crippen LogP contribution is 2.30. The molecule has 0 aliphatic carbocycles. The van der Waals surface area contributed by atoms with Crippen molar-refractivity contribution in [2.24, 2.45) is 0 Å². The molecule has 0 saturated carbocycles. The number of hydrogen-bond acceptors (Lipinski definition) is 2. The Hall–Kier alpha value is -2.62. The molecule has 26 heavy (non-hydrogen) atoms. The number of amides is 2. The van der Waals surface area contributed by atoms with Crippen molar-refractivity contribution in [2.45, 2.75) is 46.5 Å². The zero-order valence-electron chi connectivity index (χ0n) is 15.8. The average molecular weight is 350 g/mol. The van der Waals surface area contributed by atoms with Crippen LogP contribution in [0.5, 0.6) is 0 Å². The van der Waals surface area contributed by atoms with E-state index in [4.69, 9.17) is 0 Å². The number of aryl methyl sites for hydroxylation is 3. The molecule has 4 heteroatoms. The lowest BCUT2D eigenvalue weighted by atomic mass is 10.00. The van der Waals surface area contributed by atoms with Crippen LogP contribution in [0, 0.1) is 13.8 Å². The molecule has 1 aliphatic rings. The quantitative estimate of drug-likeness (QED) is 0.854. The van der Waals surface area contributed by atoms with Gasteiger partial charge in [-0.05, 0) is 62.6 Å². The van der Waals surface area contributed by atoms with Crippen molar-refractivity contribution < 1.29 is 9.59 Å². The molecular formula is C22H26N2O2. The first-order valence-electron chi connectivity index (χ1n) is 9.31. The summed E-state index contributed by atoms with van der Waals surface area (Å²) in [6.45, 7) is 6.87. The first-order chi connectivity index (χ1) is 12.5. The zero-order chi connectivity index (χ0) is 18.7. The first-order valence-corrected chi connectivity index (χ1v) is 9.31. The van der Waals surface area contributed by atoms with Gasteiger partial charge in [-0.1, -0.05) is 30.5 Å². The second-order valence-corrected chi connectivity index (χ2v) is 7.07. The van der Waals surface area contributed by atoms with Gasteiger partial charge in [0, 0.05) is 29.9 Å². The van der Waals surface area contributed by atoms with Crippen molar-refractivity contribution in [3.8, 4) is 0 Å². The number of carbonyl (C=O) groups is 2. The van der Waals surface area contributed by atoms with Crippen LogP contribution in [-0.2, 0) is 11.2 Å². The SMILES string of the molecule is CCCCN1C(=O)CCc2cc(NC(=O)c3cc(C)cc(C)c3)ccc21. The van der Waals surface area contributed by atoms with Crippen molar-refractivity contribution in [3.05, 3.63) is 58.7 Å². The summed E-state index contributed by atoms with van der Waals surface area (Å²) in [5.41, 5.74) is 5.70. The third-order valence-corrected chi connectivity index (χ3v) is 4.76. The maximum absolute atomic E-state index is 12.6. The van der Waals surface area contributed by atoms with Gasteiger partial charge in [0.1, 0.15) is 0 Å². The van der Waals surface area contributed by atoms with Crippen LogP contribution < -0.4 is 10.2 Å². The number of nitrogens with one attached hydrogen (secondary N) is 1. The van der Waals surface area contributed by atoms with Gasteiger partial charge in [0.2, 0.25) is 5.91 Å². The molecule has 1 N–H and O–H groups in total. The van der Waals surface area contributed by atoms with E-state index in [1.165, 1.54) is 0 Å². The molecular weight excluding hydrogens is 324 g/mol. The van der Waals surface area contributed by atoms with E-state index in [0.29, 0.717) is 12.0 Å². The van der Waals surface area contributed by atoms with Gasteiger partial charge in [-0.15, -0.1) is 0 Å². The number of carbonyl (C=O) groups excluding carboxylic acids is 2. The highest BCUT2D eigenvalue weighted by Gasteiger charge is 2.23. The number of unbranched alkanes of at least 4 members (excludes halogenated alkanes) is 1. The Labute approximate surface area is 155 Å². The van der Waals surface area contributed by atoms with Crippen LogP contribution in [0.15, 0.2) is 36.4 Å². The van der Waals surface area contributed by atoms with Gasteiger partial charge in [-0.25, -0.2) is 0 Å². The maximum Gasteiger partial charge on any atom is 0.255 e. The molecule has 0 unspecified atom stereocenters. The lowest BCUT2D eigenvalue weighted by Crippen LogP contribution is -2.35. The number of rotatable bonds is 5. The second-order valence-electron chi connectivity index (χ2n) is 7.07. The van der Waals surface area contributed by atoms with Crippen LogP contribution in [0.3, 0.4) is 0 Å². The maximum atomic E-state index is 12.6. The summed E-state index contributed by atoms with van der Waals surface area (Å²) in [6.07, 6.45) is 3.31. The predicted octanol–water partition coefficient (Wildman–Crippen LogP) is 4.64. The fraction of sp³-hybridized carbons (Fsp3) is 0.364. The minimum Gasteiger partial charge on any atom is -0.322 e. The molecule has 2 aromatic rings. The fourth-order valence-corrected chi connectivity index (χ4v) is 3.51. The molecule has 0 radical (unpaired) electrons. The van der Waals surface area contributed by atoms with E-state index < -0.39 is 0 Å². The van der Waals surface area contributed by atoms with E-state index in [-0.39, 0.29) is 11.8 Å². The molecule has 0 bridgehead atoms. The lowest BCUT2D eigenvalue weighted by molar-refractivity contribution is -0.118. The molecule has 1 heterocycles. The summed E-state index contributed by atoms with van der Waals surface area (Å²) in [7, 11) is 0. The Kier molecular flexibility index (Phi) is 5.40. The second kappa shape index (κ2) is 7.73. The van der Waals surface area contributed by atoms with E-state index in [2.05, 4.69) is 18.3 Å². The molecule has 136 valence electrons. The van der Waals surface area contributed by atoms with Crippen LogP contribution in [0.2, 0.25) is 0 Å². The highest BCUT2D eigenvalue weighted by molar-refractivity contribution is 6.05. The Morgan fingerprint density at radius 3 is 2.50 bits per heavy atom. The van der Waals surface area contributed by atoms with Crippen LogP contribution >= 0.6 is 0 Å². The van der Waals surface area contributed by atoms with Crippen molar-refractivity contribution in [2.75, 3.05) is 16.8 Å². The van der Waals surface area contributed by atoms with E-state index in [9.17, 15) is 9.59 Å². The number of hydrogen-bond donors (Lipinski definition) is 1. The molecule has 4 nitrogen and oxygen atoms in total. The molecule has 1 aliphatic heterocycles. The molecule has 3 rings (SSSR count). The Morgan fingerprint density at radius 2 is 1.81 bits per heavy atom. The zero-order valence-corrected chi connectivity index (χ0v) is 15.8. The van der Waals surface area contributed by atoms with Gasteiger partial charge in [-0.2, -0.15) is 0 Å². The first kappa shape index (κ1) is 18.2. The summed E-state index contributed by atoms with van der Waals surface area (Å²) in [4.78, 5) is 26.7. The standard InChI is InChI=1S/C22H26N2O2/c1-4-5-10-24-20-8-7-19(14-17(20)6-9-21(24)25)23-22(26)18-12-15(2)11-16(3)13-18/h7-8,11-14H,4-6,9-10H2,1-3H3,(H,23,26). The average Bonchev–Trinajstić information content (AvgIpc) is 2.60. The van der Waals surface area contributed by atoms with Crippen LogP contribution in [-0.4, -0.2) is 18.4 Å². The number of benzene rings is 2. The van der Waals surface area contributed by atoms with Crippen LogP contribution in [0.25, 0.3) is 0 Å². The molecule has 2 amide bonds. The van der Waals surface area contributed by atoms with Gasteiger partial charge < -0.3 is 10.2 Å². The van der Waals surface area contributed by atoms with Crippen LogP contribution in [0.4, 0.5) is 11.4 Å². The molecule has 0 atom stereocenters. The smallest absolute Gasteiger partial charge is 0.255 e. The van der Waals surface area contributed by atoms with Gasteiger partial charge >= 0.3 is 0 Å². The third kappa shape index (κ3) is 3.96. The normalized spacial score (nSPS) is 13.5. The summed E-state index contributed by atoms with van der Waals surface area (Å²) < 4.78 is 0. The van der Waals surface area contributed by atoms with Crippen molar-refractivity contribution >= 4 is 23.2 Å². The van der Waals surface area contributed by atoms with E-state index in [1.807, 2.05) is 49.1 Å². The predicted molar refractivity (Wildman–Crippen MR) is 106 cm³/mol. The third-order valence-electron chi connectivity index (χ3n) is 4.76. The topological polar surface area (TPSA) is 49.4 Å². The molecule has 0 saturated heterocycles. The van der Waals surface area contributed by atoms with Crippen molar-refractivity contribution in [3.63, 3.8) is 0 Å². The summed E-state index contributed by atoms with van der Waals surface area (Å²) in [5.74, 6) is 0.0875. The van der Waals surface area contributed by atoms with E-state index >= 15 is 0 Å². The largest absolute Gasteiger partial charge is 0.322 e. The van der Waals surface area contributed by atoms with Crippen molar-refractivity contribution in [1.82, 2.24) is 0 Å². The molecule has 2 aromatic carbocycles. The Balaban J connectivity index is 1.80. The van der Waals surface area contributed by atoms with Gasteiger partial charge in [-0.3, -0.25) is 9.59 Å².